The van der Waals surface area contributed by atoms with Crippen LogP contribution >= 0.6 is 0 Å². The molecule has 0 saturated carbocycles. The molecule has 2 aromatic rings. The highest BCUT2D eigenvalue weighted by Crippen LogP contribution is 2.29. The highest BCUT2D eigenvalue weighted by atomic mass is 32.2. The Bertz CT molecular complexity index is 1070. The van der Waals surface area contributed by atoms with E-state index in [0.29, 0.717) is 12.3 Å². The van der Waals surface area contributed by atoms with Gasteiger partial charge in [0.05, 0.1) is 18.6 Å². The molecule has 2 amide bonds. The van der Waals surface area contributed by atoms with E-state index in [-0.39, 0.29) is 36.3 Å². The summed E-state index contributed by atoms with van der Waals surface area (Å²) in [5.74, 6) is -0.242. The summed E-state index contributed by atoms with van der Waals surface area (Å²) < 4.78 is 32.9. The first-order chi connectivity index (χ1) is 15.7. The number of hydrogen-bond acceptors (Lipinski definition) is 5. The summed E-state index contributed by atoms with van der Waals surface area (Å²) in [5, 5.41) is 2.89. The molecule has 178 valence electrons. The number of nitrogens with one attached hydrogen (secondary N) is 1. The van der Waals surface area contributed by atoms with Crippen LogP contribution in [0.2, 0.25) is 0 Å². The van der Waals surface area contributed by atoms with Gasteiger partial charge in [0.2, 0.25) is 21.8 Å². The summed E-state index contributed by atoms with van der Waals surface area (Å²) in [5.41, 5.74) is -0.418. The number of benzene rings is 2. The molecule has 1 aliphatic heterocycles. The molecule has 1 saturated heterocycles. The fraction of sp³-hybridized carbons (Fsp3) is 0.417. The van der Waals surface area contributed by atoms with E-state index in [1.807, 2.05) is 37.3 Å². The van der Waals surface area contributed by atoms with Crippen molar-refractivity contribution in [2.75, 3.05) is 26.7 Å². The molecular weight excluding hydrogens is 442 g/mol. The second kappa shape index (κ2) is 10.4. The predicted octanol–water partition coefficient (Wildman–Crippen LogP) is 2.40. The summed E-state index contributed by atoms with van der Waals surface area (Å²) in [6, 6.07) is 15.4. The molecule has 2 aromatic carbocycles. The van der Waals surface area contributed by atoms with Crippen molar-refractivity contribution in [1.29, 1.82) is 0 Å². The van der Waals surface area contributed by atoms with Crippen LogP contribution in [0, 0.1) is 0 Å². The van der Waals surface area contributed by atoms with Crippen LogP contribution in [-0.4, -0.2) is 61.7 Å². The number of hydrogen-bond donors (Lipinski definition) is 1. The average molecular weight is 474 g/mol. The standard InChI is InChI=1S/C24H31N3O5S/c1-4-5-15-27-22(28)17-26(33(30,31)21-13-11-20(32-3)12-14-21)18-24(27,2)23(29)25-16-19-9-7-6-8-10-19/h6-14H,4-5,15-18H2,1-3H3,(H,25,29)/t24-/m1/s1. The third kappa shape index (κ3) is 5.36. The molecule has 1 aliphatic rings. The first kappa shape index (κ1) is 24.7. The maximum atomic E-state index is 13.4. The number of amides is 2. The molecule has 1 fully saturated rings. The van der Waals surface area contributed by atoms with Crippen molar-refractivity contribution in [1.82, 2.24) is 14.5 Å². The van der Waals surface area contributed by atoms with E-state index in [2.05, 4.69) is 5.32 Å². The number of carbonyl (C=O) groups is 2. The summed E-state index contributed by atoms with van der Waals surface area (Å²) in [4.78, 5) is 28.0. The lowest BCUT2D eigenvalue weighted by atomic mass is 9.95. The zero-order valence-corrected chi connectivity index (χ0v) is 20.1. The van der Waals surface area contributed by atoms with Crippen LogP contribution in [-0.2, 0) is 26.2 Å². The lowest BCUT2D eigenvalue weighted by Gasteiger charge is -2.46. The highest BCUT2D eigenvalue weighted by Gasteiger charge is 2.50. The molecule has 0 radical (unpaired) electrons. The normalized spacial score (nSPS) is 19.4. The van der Waals surface area contributed by atoms with Gasteiger partial charge in [-0.05, 0) is 43.2 Å². The first-order valence-electron chi connectivity index (χ1n) is 11.0. The van der Waals surface area contributed by atoms with Crippen molar-refractivity contribution < 1.29 is 22.7 Å². The third-order valence-corrected chi connectivity index (χ3v) is 7.72. The Hall–Kier alpha value is -2.91. The van der Waals surface area contributed by atoms with Crippen LogP contribution in [0.1, 0.15) is 32.3 Å². The molecule has 1 N–H and O–H groups in total. The van der Waals surface area contributed by atoms with E-state index < -0.39 is 15.6 Å². The van der Waals surface area contributed by atoms with Gasteiger partial charge in [0.1, 0.15) is 11.3 Å². The molecule has 9 heteroatoms. The maximum Gasteiger partial charge on any atom is 0.247 e. The molecular formula is C24H31N3O5S. The van der Waals surface area contributed by atoms with E-state index >= 15 is 0 Å². The van der Waals surface area contributed by atoms with Crippen molar-refractivity contribution in [3.63, 3.8) is 0 Å². The average Bonchev–Trinajstić information content (AvgIpc) is 2.82. The molecule has 0 spiro atoms. The summed E-state index contributed by atoms with van der Waals surface area (Å²) in [6.45, 7) is 3.88. The number of piperazine rings is 1. The van der Waals surface area contributed by atoms with Crippen LogP contribution in [0.15, 0.2) is 59.5 Å². The lowest BCUT2D eigenvalue weighted by molar-refractivity contribution is -0.152. The Morgan fingerprint density at radius 2 is 1.79 bits per heavy atom. The lowest BCUT2D eigenvalue weighted by Crippen LogP contribution is -2.69. The fourth-order valence-electron chi connectivity index (χ4n) is 3.91. The van der Waals surface area contributed by atoms with Gasteiger partial charge in [0, 0.05) is 19.6 Å². The topological polar surface area (TPSA) is 96.0 Å². The van der Waals surface area contributed by atoms with Gasteiger partial charge in [-0.1, -0.05) is 43.7 Å². The van der Waals surface area contributed by atoms with Gasteiger partial charge in [-0.15, -0.1) is 0 Å². The van der Waals surface area contributed by atoms with Crippen molar-refractivity contribution in [2.45, 2.75) is 43.7 Å². The molecule has 8 nitrogen and oxygen atoms in total. The number of nitrogens with zero attached hydrogens (tertiary/aromatic N) is 2. The van der Waals surface area contributed by atoms with E-state index in [4.69, 9.17) is 4.74 Å². The van der Waals surface area contributed by atoms with Crippen LogP contribution in [0.3, 0.4) is 0 Å². The van der Waals surface area contributed by atoms with Gasteiger partial charge in [-0.2, -0.15) is 4.31 Å². The monoisotopic (exact) mass is 473 g/mol. The van der Waals surface area contributed by atoms with Gasteiger partial charge in [0.15, 0.2) is 0 Å². The number of ether oxygens (including phenoxy) is 1. The van der Waals surface area contributed by atoms with Crippen LogP contribution < -0.4 is 10.1 Å². The molecule has 0 unspecified atom stereocenters. The highest BCUT2D eigenvalue weighted by molar-refractivity contribution is 7.89. The summed E-state index contributed by atoms with van der Waals surface area (Å²) in [6.07, 6.45) is 1.57. The number of unbranched alkanes of at least 4 members (excludes halogenated alkanes) is 1. The molecule has 0 bridgehead atoms. The quantitative estimate of drug-likeness (QED) is 0.603. The molecule has 0 aliphatic carbocycles. The smallest absolute Gasteiger partial charge is 0.247 e. The van der Waals surface area contributed by atoms with E-state index in [1.54, 1.807) is 19.1 Å². The van der Waals surface area contributed by atoms with Crippen molar-refractivity contribution in [3.8, 4) is 5.75 Å². The maximum absolute atomic E-state index is 13.4. The Kier molecular flexibility index (Phi) is 7.76. The third-order valence-electron chi connectivity index (χ3n) is 5.91. The predicted molar refractivity (Wildman–Crippen MR) is 125 cm³/mol. The van der Waals surface area contributed by atoms with Gasteiger partial charge >= 0.3 is 0 Å². The molecule has 33 heavy (non-hydrogen) atoms. The molecule has 3 rings (SSSR count). The SMILES string of the molecule is CCCCN1C(=O)CN(S(=O)(=O)c2ccc(OC)cc2)C[C@]1(C)C(=O)NCc1ccccc1. The molecule has 0 aromatic heterocycles. The minimum Gasteiger partial charge on any atom is -0.497 e. The second-order valence-electron chi connectivity index (χ2n) is 8.29. The number of rotatable bonds is 9. The van der Waals surface area contributed by atoms with E-state index in [0.717, 1.165) is 22.7 Å². The van der Waals surface area contributed by atoms with Crippen molar-refractivity contribution >= 4 is 21.8 Å². The van der Waals surface area contributed by atoms with E-state index in [1.165, 1.54) is 24.1 Å². The minimum absolute atomic E-state index is 0.0464. The zero-order chi connectivity index (χ0) is 24.1. The van der Waals surface area contributed by atoms with Gasteiger partial charge < -0.3 is 15.0 Å². The first-order valence-corrected chi connectivity index (χ1v) is 12.4. The summed E-state index contributed by atoms with van der Waals surface area (Å²) >= 11 is 0. The molecule has 1 heterocycles. The Morgan fingerprint density at radius 1 is 1.12 bits per heavy atom. The second-order valence-corrected chi connectivity index (χ2v) is 10.2. The van der Waals surface area contributed by atoms with E-state index in [9.17, 15) is 18.0 Å². The van der Waals surface area contributed by atoms with Crippen LogP contribution in [0.25, 0.3) is 0 Å². The van der Waals surface area contributed by atoms with Gasteiger partial charge in [-0.3, -0.25) is 9.59 Å². The van der Waals surface area contributed by atoms with Crippen molar-refractivity contribution in [2.24, 2.45) is 0 Å². The number of sulfonamides is 1. The molecule has 1 atom stereocenters. The Labute approximate surface area is 195 Å². The van der Waals surface area contributed by atoms with Gasteiger partial charge in [0.25, 0.3) is 0 Å². The Morgan fingerprint density at radius 3 is 2.39 bits per heavy atom. The number of carbonyl (C=O) groups excluding carboxylic acids is 2. The van der Waals surface area contributed by atoms with Crippen molar-refractivity contribution in [3.05, 3.63) is 60.2 Å². The minimum atomic E-state index is -3.99. The Balaban J connectivity index is 1.88. The van der Waals surface area contributed by atoms with Crippen LogP contribution in [0.5, 0.6) is 5.75 Å². The largest absolute Gasteiger partial charge is 0.497 e. The van der Waals surface area contributed by atoms with Crippen LogP contribution in [0.4, 0.5) is 0 Å². The zero-order valence-electron chi connectivity index (χ0n) is 19.3. The number of methoxy groups -OCH3 is 1. The van der Waals surface area contributed by atoms with Gasteiger partial charge in [-0.25, -0.2) is 8.42 Å². The summed E-state index contributed by atoms with van der Waals surface area (Å²) in [7, 11) is -2.49. The fourth-order valence-corrected chi connectivity index (χ4v) is 5.39.